The third kappa shape index (κ3) is 6.39. The normalized spacial score (nSPS) is 16.3. The van der Waals surface area contributed by atoms with Crippen molar-refractivity contribution in [3.8, 4) is 0 Å². The Bertz CT molecular complexity index is 647. The summed E-state index contributed by atoms with van der Waals surface area (Å²) in [5.74, 6) is 0.526. The number of carbonyl (C=O) groups excluding carboxylic acids is 3. The van der Waals surface area contributed by atoms with Gasteiger partial charge in [0.1, 0.15) is 6.04 Å². The minimum atomic E-state index is -0.564. The van der Waals surface area contributed by atoms with Crippen molar-refractivity contribution in [2.45, 2.75) is 53.0 Å². The molecule has 0 bridgehead atoms. The van der Waals surface area contributed by atoms with Gasteiger partial charge in [-0.05, 0) is 42.7 Å². The molecule has 28 heavy (non-hydrogen) atoms. The molecule has 1 atom stereocenters. The highest BCUT2D eigenvalue weighted by molar-refractivity contribution is 5.91. The van der Waals surface area contributed by atoms with Crippen LogP contribution >= 0.6 is 0 Å². The number of furan rings is 1. The zero-order chi connectivity index (χ0) is 20.7. The average molecular weight is 392 g/mol. The molecule has 1 aromatic rings. The zero-order valence-corrected chi connectivity index (χ0v) is 17.4. The molecule has 1 unspecified atom stereocenters. The second-order valence-corrected chi connectivity index (χ2v) is 8.39. The Morgan fingerprint density at radius 3 is 2.36 bits per heavy atom. The molecule has 7 nitrogen and oxygen atoms in total. The predicted molar refractivity (Wildman–Crippen MR) is 107 cm³/mol. The second kappa shape index (κ2) is 10.3. The van der Waals surface area contributed by atoms with E-state index in [1.54, 1.807) is 17.0 Å². The molecular formula is C21H33N3O4. The van der Waals surface area contributed by atoms with E-state index in [0.717, 1.165) is 0 Å². The first-order valence-electron chi connectivity index (χ1n) is 10.2. The minimum absolute atomic E-state index is 0.00363. The maximum absolute atomic E-state index is 12.7. The molecule has 2 N–H and O–H groups in total. The fraction of sp³-hybridized carbons (Fsp3) is 0.667. The number of amides is 3. The van der Waals surface area contributed by atoms with Gasteiger partial charge in [-0.3, -0.25) is 14.4 Å². The van der Waals surface area contributed by atoms with Crippen LogP contribution in [0.5, 0.6) is 0 Å². The van der Waals surface area contributed by atoms with Crippen molar-refractivity contribution in [3.05, 3.63) is 24.2 Å². The molecule has 1 aliphatic rings. The van der Waals surface area contributed by atoms with E-state index in [1.165, 1.54) is 6.26 Å². The highest BCUT2D eigenvalue weighted by atomic mass is 16.3. The van der Waals surface area contributed by atoms with Crippen molar-refractivity contribution in [1.29, 1.82) is 0 Å². The van der Waals surface area contributed by atoms with Gasteiger partial charge in [0.15, 0.2) is 5.76 Å². The summed E-state index contributed by atoms with van der Waals surface area (Å²) < 4.78 is 5.19. The molecule has 1 fully saturated rings. The molecule has 156 valence electrons. The van der Waals surface area contributed by atoms with Crippen molar-refractivity contribution in [2.75, 3.05) is 19.6 Å². The van der Waals surface area contributed by atoms with Crippen LogP contribution in [0.2, 0.25) is 0 Å². The molecule has 0 spiro atoms. The quantitative estimate of drug-likeness (QED) is 0.712. The fourth-order valence-electron chi connectivity index (χ4n) is 3.41. The van der Waals surface area contributed by atoms with Crippen LogP contribution in [0.1, 0.15) is 57.5 Å². The van der Waals surface area contributed by atoms with Crippen molar-refractivity contribution in [1.82, 2.24) is 15.5 Å². The molecule has 3 amide bonds. The number of nitrogens with one attached hydrogen (secondary N) is 2. The van der Waals surface area contributed by atoms with E-state index < -0.39 is 6.04 Å². The highest BCUT2D eigenvalue weighted by Crippen LogP contribution is 2.23. The summed E-state index contributed by atoms with van der Waals surface area (Å²) in [6, 6.07) is 2.79. The molecule has 0 saturated carbocycles. The molecule has 2 rings (SSSR count). The van der Waals surface area contributed by atoms with E-state index in [0.29, 0.717) is 50.6 Å². The monoisotopic (exact) mass is 391 g/mol. The molecule has 0 aliphatic carbocycles. The maximum atomic E-state index is 12.7. The second-order valence-electron chi connectivity index (χ2n) is 8.39. The van der Waals surface area contributed by atoms with Gasteiger partial charge in [0.2, 0.25) is 11.8 Å². The van der Waals surface area contributed by atoms with Crippen LogP contribution < -0.4 is 10.6 Å². The lowest BCUT2D eigenvalue weighted by atomic mass is 9.88. The number of hydrogen-bond donors (Lipinski definition) is 2. The summed E-state index contributed by atoms with van der Waals surface area (Å²) in [4.78, 5) is 39.2. The van der Waals surface area contributed by atoms with Gasteiger partial charge in [0.05, 0.1) is 6.26 Å². The van der Waals surface area contributed by atoms with Gasteiger partial charge in [0, 0.05) is 26.1 Å². The standard InChI is InChI=1S/C21H33N3O4/c1-14(2)12-18(25)23-19(20(26)22-13-15(3)4)16-7-9-24(10-8-16)21(27)17-6-5-11-28-17/h5-6,11,14-16,19H,7-10,12-13H2,1-4H3,(H,22,26)(H,23,25). The minimum Gasteiger partial charge on any atom is -0.459 e. The van der Waals surface area contributed by atoms with Crippen molar-refractivity contribution >= 4 is 17.7 Å². The molecule has 0 aromatic carbocycles. The highest BCUT2D eigenvalue weighted by Gasteiger charge is 2.34. The molecule has 1 aromatic heterocycles. The van der Waals surface area contributed by atoms with E-state index in [9.17, 15) is 14.4 Å². The number of carbonyl (C=O) groups is 3. The summed E-state index contributed by atoms with van der Waals surface area (Å²) in [7, 11) is 0. The first-order chi connectivity index (χ1) is 13.3. The lowest BCUT2D eigenvalue weighted by Gasteiger charge is -2.35. The predicted octanol–water partition coefficient (Wildman–Crippen LogP) is 2.43. The van der Waals surface area contributed by atoms with Gasteiger partial charge in [0.25, 0.3) is 5.91 Å². The van der Waals surface area contributed by atoms with Crippen LogP contribution in [0.25, 0.3) is 0 Å². The van der Waals surface area contributed by atoms with Gasteiger partial charge in [-0.1, -0.05) is 27.7 Å². The summed E-state index contributed by atoms with van der Waals surface area (Å²) in [5, 5.41) is 5.89. The maximum Gasteiger partial charge on any atom is 0.289 e. The summed E-state index contributed by atoms with van der Waals surface area (Å²) >= 11 is 0. The lowest BCUT2D eigenvalue weighted by molar-refractivity contribution is -0.131. The van der Waals surface area contributed by atoms with Crippen molar-refractivity contribution in [2.24, 2.45) is 17.8 Å². The van der Waals surface area contributed by atoms with Gasteiger partial charge < -0.3 is 20.0 Å². The van der Waals surface area contributed by atoms with Crippen LogP contribution in [-0.4, -0.2) is 48.3 Å². The fourth-order valence-corrected chi connectivity index (χ4v) is 3.41. The SMILES string of the molecule is CC(C)CNC(=O)C(NC(=O)CC(C)C)C1CCN(C(=O)c2ccco2)CC1. The summed E-state index contributed by atoms with van der Waals surface area (Å²) in [5.41, 5.74) is 0. The lowest BCUT2D eigenvalue weighted by Crippen LogP contribution is -2.54. The Balaban J connectivity index is 1.99. The Kier molecular flexibility index (Phi) is 8.08. The van der Waals surface area contributed by atoms with Crippen molar-refractivity contribution in [3.63, 3.8) is 0 Å². The van der Waals surface area contributed by atoms with Crippen LogP contribution in [0.3, 0.4) is 0 Å². The Hall–Kier alpha value is -2.31. The molecule has 2 heterocycles. The van der Waals surface area contributed by atoms with Gasteiger partial charge in [-0.25, -0.2) is 0 Å². The van der Waals surface area contributed by atoms with Crippen LogP contribution in [0.15, 0.2) is 22.8 Å². The molecule has 7 heteroatoms. The Morgan fingerprint density at radius 2 is 1.82 bits per heavy atom. The van der Waals surface area contributed by atoms with Crippen molar-refractivity contribution < 1.29 is 18.8 Å². The van der Waals surface area contributed by atoms with Crippen LogP contribution in [0.4, 0.5) is 0 Å². The van der Waals surface area contributed by atoms with Crippen LogP contribution in [-0.2, 0) is 9.59 Å². The number of likely N-dealkylation sites (tertiary alicyclic amines) is 1. The number of piperidine rings is 1. The molecule has 1 saturated heterocycles. The number of rotatable bonds is 8. The van der Waals surface area contributed by atoms with Gasteiger partial charge >= 0.3 is 0 Å². The topological polar surface area (TPSA) is 91.7 Å². The number of nitrogens with zero attached hydrogens (tertiary/aromatic N) is 1. The summed E-state index contributed by atoms with van der Waals surface area (Å²) in [6.45, 7) is 9.68. The molecular weight excluding hydrogens is 358 g/mol. The first kappa shape index (κ1) is 22.0. The Labute approximate surface area is 167 Å². The van der Waals surface area contributed by atoms with Gasteiger partial charge in [-0.15, -0.1) is 0 Å². The zero-order valence-electron chi connectivity index (χ0n) is 17.4. The van der Waals surface area contributed by atoms with E-state index >= 15 is 0 Å². The largest absolute Gasteiger partial charge is 0.459 e. The van der Waals surface area contributed by atoms with Crippen LogP contribution in [0, 0.1) is 17.8 Å². The van der Waals surface area contributed by atoms with E-state index in [-0.39, 0.29) is 29.6 Å². The first-order valence-corrected chi connectivity index (χ1v) is 10.2. The van der Waals surface area contributed by atoms with E-state index in [4.69, 9.17) is 4.42 Å². The van der Waals surface area contributed by atoms with E-state index in [2.05, 4.69) is 10.6 Å². The smallest absolute Gasteiger partial charge is 0.289 e. The third-order valence-electron chi connectivity index (χ3n) is 4.91. The molecule has 0 radical (unpaired) electrons. The van der Waals surface area contributed by atoms with Gasteiger partial charge in [-0.2, -0.15) is 0 Å². The summed E-state index contributed by atoms with van der Waals surface area (Å²) in [6.07, 6.45) is 3.20. The average Bonchev–Trinajstić information content (AvgIpc) is 3.18. The Morgan fingerprint density at radius 1 is 1.14 bits per heavy atom. The molecule has 1 aliphatic heterocycles. The number of hydrogen-bond acceptors (Lipinski definition) is 4. The van der Waals surface area contributed by atoms with E-state index in [1.807, 2.05) is 27.7 Å². The third-order valence-corrected chi connectivity index (χ3v) is 4.91.